The summed E-state index contributed by atoms with van der Waals surface area (Å²) in [6, 6.07) is 0. The van der Waals surface area contributed by atoms with Crippen molar-refractivity contribution in [3.05, 3.63) is 0 Å². The highest BCUT2D eigenvalue weighted by Gasteiger charge is 2.28. The third-order valence-electron chi connectivity index (χ3n) is 3.66. The molecule has 1 aliphatic carbocycles. The molecule has 2 atom stereocenters. The molecule has 16 heavy (non-hydrogen) atoms. The Labute approximate surface area is 100 Å². The summed E-state index contributed by atoms with van der Waals surface area (Å²) in [4.78, 5) is 14.2. The molecule has 1 fully saturated rings. The molecule has 2 unspecified atom stereocenters. The van der Waals surface area contributed by atoms with E-state index in [2.05, 4.69) is 32.7 Å². The van der Waals surface area contributed by atoms with Gasteiger partial charge in [0.1, 0.15) is 5.78 Å². The largest absolute Gasteiger partial charge is 0.305 e. The fraction of sp³-hybridized carbons (Fsp3) is 0.929. The van der Waals surface area contributed by atoms with Crippen molar-refractivity contribution >= 4 is 5.78 Å². The topological polar surface area (TPSA) is 20.3 Å². The third kappa shape index (κ3) is 4.25. The molecule has 0 spiro atoms. The van der Waals surface area contributed by atoms with Crippen molar-refractivity contribution in [1.82, 2.24) is 4.90 Å². The van der Waals surface area contributed by atoms with E-state index in [-0.39, 0.29) is 0 Å². The Morgan fingerprint density at radius 2 is 2.12 bits per heavy atom. The Balaban J connectivity index is 2.41. The average molecular weight is 225 g/mol. The Bertz CT molecular complexity index is 225. The number of carbonyl (C=O) groups is 1. The van der Waals surface area contributed by atoms with Gasteiger partial charge in [-0.05, 0) is 31.7 Å². The molecule has 0 saturated heterocycles. The summed E-state index contributed by atoms with van der Waals surface area (Å²) >= 11 is 0. The lowest BCUT2D eigenvalue weighted by Crippen LogP contribution is -2.36. The van der Waals surface area contributed by atoms with Crippen LogP contribution in [-0.4, -0.2) is 30.8 Å². The Hall–Kier alpha value is -0.370. The lowest BCUT2D eigenvalue weighted by Gasteiger charge is -2.31. The van der Waals surface area contributed by atoms with E-state index in [9.17, 15) is 4.79 Å². The van der Waals surface area contributed by atoms with Crippen LogP contribution in [0.4, 0.5) is 0 Å². The molecule has 0 aliphatic heterocycles. The van der Waals surface area contributed by atoms with Gasteiger partial charge in [-0.15, -0.1) is 0 Å². The van der Waals surface area contributed by atoms with E-state index in [4.69, 9.17) is 0 Å². The molecule has 1 rings (SSSR count). The lowest BCUT2D eigenvalue weighted by atomic mass is 9.79. The van der Waals surface area contributed by atoms with Crippen LogP contribution in [0.2, 0.25) is 0 Å². The van der Waals surface area contributed by atoms with Crippen LogP contribution in [-0.2, 0) is 4.79 Å². The van der Waals surface area contributed by atoms with Crippen molar-refractivity contribution in [2.75, 3.05) is 20.1 Å². The molecule has 0 aromatic heterocycles. The van der Waals surface area contributed by atoms with E-state index in [1.165, 1.54) is 6.42 Å². The minimum atomic E-state index is 0.308. The molecule has 0 N–H and O–H groups in total. The SMILES string of the molecule is CCC1CCC(=O)C(CN(C)CC(C)C)C1. The quantitative estimate of drug-likeness (QED) is 0.717. The molecule has 2 heteroatoms. The summed E-state index contributed by atoms with van der Waals surface area (Å²) in [5, 5.41) is 0. The van der Waals surface area contributed by atoms with Crippen LogP contribution in [0.15, 0.2) is 0 Å². The zero-order valence-corrected chi connectivity index (χ0v) is 11.3. The summed E-state index contributed by atoms with van der Waals surface area (Å²) in [5.74, 6) is 2.28. The first kappa shape index (κ1) is 13.7. The Kier molecular flexibility index (Phi) is 5.47. The first-order valence-electron chi connectivity index (χ1n) is 6.74. The fourth-order valence-electron chi connectivity index (χ4n) is 2.82. The Morgan fingerprint density at radius 3 is 2.69 bits per heavy atom. The van der Waals surface area contributed by atoms with Crippen LogP contribution < -0.4 is 0 Å². The number of nitrogens with zero attached hydrogens (tertiary/aromatic N) is 1. The zero-order chi connectivity index (χ0) is 12.1. The van der Waals surface area contributed by atoms with E-state index in [0.29, 0.717) is 17.6 Å². The first-order valence-corrected chi connectivity index (χ1v) is 6.74. The van der Waals surface area contributed by atoms with Crippen LogP contribution in [0.5, 0.6) is 0 Å². The van der Waals surface area contributed by atoms with Gasteiger partial charge in [-0.3, -0.25) is 4.79 Å². The molecule has 94 valence electrons. The van der Waals surface area contributed by atoms with Gasteiger partial charge in [0.15, 0.2) is 0 Å². The first-order chi connectivity index (χ1) is 7.52. The second-order valence-corrected chi connectivity index (χ2v) is 5.83. The van der Waals surface area contributed by atoms with E-state index >= 15 is 0 Å². The van der Waals surface area contributed by atoms with Gasteiger partial charge < -0.3 is 4.90 Å². The molecule has 2 nitrogen and oxygen atoms in total. The number of hydrogen-bond acceptors (Lipinski definition) is 2. The highest BCUT2D eigenvalue weighted by molar-refractivity contribution is 5.81. The van der Waals surface area contributed by atoms with Crippen LogP contribution >= 0.6 is 0 Å². The third-order valence-corrected chi connectivity index (χ3v) is 3.66. The molecule has 0 heterocycles. The summed E-state index contributed by atoms with van der Waals surface area (Å²) in [6.45, 7) is 8.77. The molecule has 0 amide bonds. The maximum Gasteiger partial charge on any atom is 0.137 e. The van der Waals surface area contributed by atoms with Gasteiger partial charge in [-0.2, -0.15) is 0 Å². The van der Waals surface area contributed by atoms with Crippen molar-refractivity contribution in [1.29, 1.82) is 0 Å². The summed E-state index contributed by atoms with van der Waals surface area (Å²) in [5.41, 5.74) is 0. The molecular formula is C14H27NO. The maximum atomic E-state index is 11.9. The van der Waals surface area contributed by atoms with Crippen molar-refractivity contribution < 1.29 is 4.79 Å². The molecular weight excluding hydrogens is 198 g/mol. The Morgan fingerprint density at radius 1 is 1.44 bits per heavy atom. The average Bonchev–Trinajstić information content (AvgIpc) is 2.20. The number of ketones is 1. The second kappa shape index (κ2) is 6.39. The molecule has 0 radical (unpaired) electrons. The molecule has 1 saturated carbocycles. The minimum absolute atomic E-state index is 0.308. The summed E-state index contributed by atoms with van der Waals surface area (Å²) in [7, 11) is 2.14. The number of Topliss-reactive ketones (excluding diaryl/α,β-unsaturated/α-hetero) is 1. The predicted molar refractivity (Wildman–Crippen MR) is 68.5 cm³/mol. The van der Waals surface area contributed by atoms with E-state index in [1.54, 1.807) is 0 Å². The molecule has 0 aromatic carbocycles. The lowest BCUT2D eigenvalue weighted by molar-refractivity contribution is -0.126. The molecule has 1 aliphatic rings. The summed E-state index contributed by atoms with van der Waals surface area (Å²) < 4.78 is 0. The second-order valence-electron chi connectivity index (χ2n) is 5.83. The number of hydrogen-bond donors (Lipinski definition) is 0. The van der Waals surface area contributed by atoms with Gasteiger partial charge >= 0.3 is 0 Å². The highest BCUT2D eigenvalue weighted by atomic mass is 16.1. The van der Waals surface area contributed by atoms with Gasteiger partial charge in [0, 0.05) is 25.4 Å². The van der Waals surface area contributed by atoms with Crippen LogP contribution in [0.25, 0.3) is 0 Å². The highest BCUT2D eigenvalue weighted by Crippen LogP contribution is 2.29. The fourth-order valence-corrected chi connectivity index (χ4v) is 2.82. The number of rotatable bonds is 5. The molecule has 0 bridgehead atoms. The standard InChI is InChI=1S/C14H27NO/c1-5-12-6-7-14(16)13(8-12)10-15(4)9-11(2)3/h11-13H,5-10H2,1-4H3. The van der Waals surface area contributed by atoms with Crippen LogP contribution in [0.3, 0.4) is 0 Å². The maximum absolute atomic E-state index is 11.9. The van der Waals surface area contributed by atoms with Crippen LogP contribution in [0.1, 0.15) is 46.5 Å². The van der Waals surface area contributed by atoms with Crippen molar-refractivity contribution in [3.8, 4) is 0 Å². The van der Waals surface area contributed by atoms with Crippen molar-refractivity contribution in [3.63, 3.8) is 0 Å². The van der Waals surface area contributed by atoms with Gasteiger partial charge in [-0.1, -0.05) is 27.2 Å². The van der Waals surface area contributed by atoms with Gasteiger partial charge in [-0.25, -0.2) is 0 Å². The number of carbonyl (C=O) groups excluding carboxylic acids is 1. The minimum Gasteiger partial charge on any atom is -0.305 e. The summed E-state index contributed by atoms with van der Waals surface area (Å²) in [6.07, 6.45) is 4.30. The monoisotopic (exact) mass is 225 g/mol. The molecule has 0 aromatic rings. The van der Waals surface area contributed by atoms with Gasteiger partial charge in [0.2, 0.25) is 0 Å². The van der Waals surface area contributed by atoms with Crippen molar-refractivity contribution in [2.45, 2.75) is 46.5 Å². The van der Waals surface area contributed by atoms with Gasteiger partial charge in [0.05, 0.1) is 0 Å². The van der Waals surface area contributed by atoms with E-state index in [1.807, 2.05) is 0 Å². The zero-order valence-electron chi connectivity index (χ0n) is 11.3. The predicted octanol–water partition coefficient (Wildman–Crippen LogP) is 2.97. The van der Waals surface area contributed by atoms with Gasteiger partial charge in [0.25, 0.3) is 0 Å². The van der Waals surface area contributed by atoms with E-state index < -0.39 is 0 Å². The van der Waals surface area contributed by atoms with Crippen molar-refractivity contribution in [2.24, 2.45) is 17.8 Å². The van der Waals surface area contributed by atoms with E-state index in [0.717, 1.165) is 38.3 Å². The smallest absolute Gasteiger partial charge is 0.137 e. The van der Waals surface area contributed by atoms with Crippen LogP contribution in [0, 0.1) is 17.8 Å². The normalized spacial score (nSPS) is 26.8.